The van der Waals surface area contributed by atoms with Crippen LogP contribution < -0.4 is 0 Å². The standard InChI is InChI=1S/C27H27N3OS3/c1-2-16-33-23-14-12-19(13-15-23)25-20(18-29(28-25)21-8-4-3-5-9-21)17-24-26(31)30(27(32)34-24)22-10-6-7-11-22/h3-5,8-9,12-15,17-18,22H,2,6-7,10-11,16H2,1H3/b24-17-. The summed E-state index contributed by atoms with van der Waals surface area (Å²) in [5.74, 6) is 1.14. The van der Waals surface area contributed by atoms with E-state index in [0.717, 1.165) is 47.5 Å². The van der Waals surface area contributed by atoms with Crippen LogP contribution in [0.15, 0.2) is 70.6 Å². The number of hydrogen-bond donors (Lipinski definition) is 0. The first kappa shape index (κ1) is 23.4. The van der Waals surface area contributed by atoms with E-state index < -0.39 is 0 Å². The molecule has 4 nitrogen and oxygen atoms in total. The molecule has 1 saturated carbocycles. The van der Waals surface area contributed by atoms with E-state index in [2.05, 4.69) is 31.2 Å². The quantitative estimate of drug-likeness (QED) is 0.193. The van der Waals surface area contributed by atoms with E-state index in [1.165, 1.54) is 29.5 Å². The maximum Gasteiger partial charge on any atom is 0.266 e. The number of hydrogen-bond acceptors (Lipinski definition) is 5. The molecule has 2 aliphatic rings. The molecule has 2 heterocycles. The molecule has 5 rings (SSSR count). The van der Waals surface area contributed by atoms with Crippen molar-refractivity contribution in [2.75, 3.05) is 5.75 Å². The molecule has 1 amide bonds. The maximum atomic E-state index is 13.3. The Labute approximate surface area is 214 Å². The number of carbonyl (C=O) groups is 1. The molecule has 174 valence electrons. The average molecular weight is 506 g/mol. The molecule has 0 bridgehead atoms. The zero-order valence-corrected chi connectivity index (χ0v) is 21.6. The monoisotopic (exact) mass is 505 g/mol. The third-order valence-electron chi connectivity index (χ3n) is 6.16. The number of aromatic nitrogens is 2. The van der Waals surface area contributed by atoms with Crippen LogP contribution >= 0.6 is 35.7 Å². The molecule has 0 atom stereocenters. The second kappa shape index (κ2) is 10.5. The number of nitrogens with zero attached hydrogens (tertiary/aromatic N) is 3. The maximum absolute atomic E-state index is 13.3. The SMILES string of the molecule is CCCSc1ccc(-c2nn(-c3ccccc3)cc2/C=C2\SC(=S)N(C3CCCC3)C2=O)cc1. The Bertz CT molecular complexity index is 1210. The van der Waals surface area contributed by atoms with Crippen molar-refractivity contribution in [1.29, 1.82) is 0 Å². The van der Waals surface area contributed by atoms with Gasteiger partial charge in [-0.15, -0.1) is 11.8 Å². The van der Waals surface area contributed by atoms with E-state index in [9.17, 15) is 4.79 Å². The summed E-state index contributed by atoms with van der Waals surface area (Å²) >= 11 is 8.89. The highest BCUT2D eigenvalue weighted by atomic mass is 32.2. The van der Waals surface area contributed by atoms with Crippen molar-refractivity contribution in [3.63, 3.8) is 0 Å². The predicted octanol–water partition coefficient (Wildman–Crippen LogP) is 7.19. The summed E-state index contributed by atoms with van der Waals surface area (Å²) < 4.78 is 2.57. The minimum absolute atomic E-state index is 0.0339. The minimum Gasteiger partial charge on any atom is -0.290 e. The fourth-order valence-electron chi connectivity index (χ4n) is 4.46. The first-order valence-corrected chi connectivity index (χ1v) is 14.0. The summed E-state index contributed by atoms with van der Waals surface area (Å²) in [6, 6.07) is 18.9. The molecular weight excluding hydrogens is 479 g/mol. The molecule has 1 aliphatic heterocycles. The molecule has 1 aromatic heterocycles. The second-order valence-electron chi connectivity index (χ2n) is 8.58. The van der Waals surface area contributed by atoms with Crippen LogP contribution in [0.5, 0.6) is 0 Å². The summed E-state index contributed by atoms with van der Waals surface area (Å²) in [7, 11) is 0. The lowest BCUT2D eigenvalue weighted by molar-refractivity contribution is -0.123. The fourth-order valence-corrected chi connectivity index (χ4v) is 6.62. The largest absolute Gasteiger partial charge is 0.290 e. The van der Waals surface area contributed by atoms with Gasteiger partial charge >= 0.3 is 0 Å². The van der Waals surface area contributed by atoms with Gasteiger partial charge in [0.1, 0.15) is 4.32 Å². The minimum atomic E-state index is 0.0339. The van der Waals surface area contributed by atoms with Crippen molar-refractivity contribution in [3.8, 4) is 16.9 Å². The highest BCUT2D eigenvalue weighted by Gasteiger charge is 2.38. The van der Waals surface area contributed by atoms with Gasteiger partial charge in [-0.05, 0) is 55.4 Å². The zero-order valence-electron chi connectivity index (χ0n) is 19.1. The summed E-state index contributed by atoms with van der Waals surface area (Å²) in [5.41, 5.74) is 3.80. The number of benzene rings is 2. The van der Waals surface area contributed by atoms with E-state index in [1.807, 2.05) is 63.9 Å². The van der Waals surface area contributed by atoms with Crippen LogP contribution in [-0.2, 0) is 4.79 Å². The van der Waals surface area contributed by atoms with Gasteiger partial charge in [0.15, 0.2) is 0 Å². The number of carbonyl (C=O) groups excluding carboxylic acids is 1. The van der Waals surface area contributed by atoms with Crippen molar-refractivity contribution < 1.29 is 4.79 Å². The van der Waals surface area contributed by atoms with Crippen molar-refractivity contribution in [2.24, 2.45) is 0 Å². The van der Waals surface area contributed by atoms with E-state index in [0.29, 0.717) is 9.23 Å². The topological polar surface area (TPSA) is 38.1 Å². The Kier molecular flexibility index (Phi) is 7.23. The molecular formula is C27H27N3OS3. The Morgan fingerprint density at radius 2 is 1.85 bits per heavy atom. The summed E-state index contributed by atoms with van der Waals surface area (Å²) in [6.07, 6.45) is 9.54. The van der Waals surface area contributed by atoms with Crippen molar-refractivity contribution in [3.05, 3.63) is 71.3 Å². The molecule has 0 spiro atoms. The van der Waals surface area contributed by atoms with Crippen LogP contribution in [0.3, 0.4) is 0 Å². The number of para-hydroxylation sites is 1. The number of amides is 1. The summed E-state index contributed by atoms with van der Waals surface area (Å²) in [6.45, 7) is 2.19. The van der Waals surface area contributed by atoms with Crippen LogP contribution in [0.25, 0.3) is 23.0 Å². The highest BCUT2D eigenvalue weighted by molar-refractivity contribution is 8.26. The van der Waals surface area contributed by atoms with Crippen molar-refractivity contribution >= 4 is 52.0 Å². The Morgan fingerprint density at radius 1 is 1.12 bits per heavy atom. The molecule has 0 N–H and O–H groups in total. The van der Waals surface area contributed by atoms with Gasteiger partial charge < -0.3 is 0 Å². The number of rotatable bonds is 7. The van der Waals surface area contributed by atoms with Gasteiger partial charge in [0.05, 0.1) is 16.3 Å². The first-order chi connectivity index (χ1) is 16.6. The Hall–Kier alpha value is -2.35. The van der Waals surface area contributed by atoms with E-state index in [4.69, 9.17) is 17.3 Å². The van der Waals surface area contributed by atoms with Gasteiger partial charge in [0.25, 0.3) is 5.91 Å². The molecule has 2 aromatic carbocycles. The number of thioether (sulfide) groups is 2. The van der Waals surface area contributed by atoms with Crippen LogP contribution in [0.4, 0.5) is 0 Å². The summed E-state index contributed by atoms with van der Waals surface area (Å²) in [5, 5.41) is 4.92. The second-order valence-corrected chi connectivity index (χ2v) is 11.4. The van der Waals surface area contributed by atoms with E-state index >= 15 is 0 Å². The third-order valence-corrected chi connectivity index (χ3v) is 8.71. The zero-order chi connectivity index (χ0) is 23.5. The first-order valence-electron chi connectivity index (χ1n) is 11.8. The average Bonchev–Trinajstić information content (AvgIpc) is 3.59. The van der Waals surface area contributed by atoms with Gasteiger partial charge in [-0.2, -0.15) is 5.10 Å². The number of thiocarbonyl (C=S) groups is 1. The fraction of sp³-hybridized carbons (Fsp3) is 0.296. The van der Waals surface area contributed by atoms with Crippen molar-refractivity contribution in [2.45, 2.75) is 50.0 Å². The molecule has 3 aromatic rings. The molecule has 7 heteroatoms. The predicted molar refractivity (Wildman–Crippen MR) is 147 cm³/mol. The van der Waals surface area contributed by atoms with E-state index in [-0.39, 0.29) is 11.9 Å². The van der Waals surface area contributed by atoms with Crippen LogP contribution in [0.2, 0.25) is 0 Å². The third kappa shape index (κ3) is 4.88. The normalized spacial score (nSPS) is 17.9. The molecule has 0 unspecified atom stereocenters. The van der Waals surface area contributed by atoms with Crippen LogP contribution in [0.1, 0.15) is 44.6 Å². The van der Waals surface area contributed by atoms with Gasteiger partial charge in [-0.1, -0.05) is 74.1 Å². The molecule has 1 aliphatic carbocycles. The molecule has 1 saturated heterocycles. The van der Waals surface area contributed by atoms with Gasteiger partial charge in [0, 0.05) is 28.3 Å². The van der Waals surface area contributed by atoms with Gasteiger partial charge in [-0.25, -0.2) is 4.68 Å². The smallest absolute Gasteiger partial charge is 0.266 e. The van der Waals surface area contributed by atoms with Crippen molar-refractivity contribution in [1.82, 2.24) is 14.7 Å². The summed E-state index contributed by atoms with van der Waals surface area (Å²) in [4.78, 5) is 17.1. The molecule has 0 radical (unpaired) electrons. The van der Waals surface area contributed by atoms with Gasteiger partial charge in [0.2, 0.25) is 0 Å². The Morgan fingerprint density at radius 3 is 2.56 bits per heavy atom. The molecule has 2 fully saturated rings. The molecule has 34 heavy (non-hydrogen) atoms. The van der Waals surface area contributed by atoms with E-state index in [1.54, 1.807) is 0 Å². The van der Waals surface area contributed by atoms with Crippen LogP contribution in [0, 0.1) is 0 Å². The lowest BCUT2D eigenvalue weighted by Gasteiger charge is -2.21. The lowest BCUT2D eigenvalue weighted by Crippen LogP contribution is -2.36. The van der Waals surface area contributed by atoms with Crippen LogP contribution in [-0.4, -0.2) is 36.7 Å². The highest BCUT2D eigenvalue weighted by Crippen LogP contribution is 2.39. The lowest BCUT2D eigenvalue weighted by atomic mass is 10.1. The van der Waals surface area contributed by atoms with Gasteiger partial charge in [-0.3, -0.25) is 9.69 Å². The Balaban J connectivity index is 1.51.